The number of aromatic nitrogens is 2. The molecule has 8 heteroatoms. The summed E-state index contributed by atoms with van der Waals surface area (Å²) in [5.74, 6) is -2.05. The summed E-state index contributed by atoms with van der Waals surface area (Å²) in [7, 11) is 1.35. The van der Waals surface area contributed by atoms with Gasteiger partial charge in [0.1, 0.15) is 12.5 Å². The summed E-state index contributed by atoms with van der Waals surface area (Å²) < 4.78 is 12.7. The van der Waals surface area contributed by atoms with Crippen LogP contribution in [0.3, 0.4) is 0 Å². The van der Waals surface area contributed by atoms with Crippen molar-refractivity contribution >= 4 is 35.1 Å². The second-order valence-electron chi connectivity index (χ2n) is 8.68. The number of carbonyl (C=O) groups is 2. The van der Waals surface area contributed by atoms with Crippen LogP contribution < -0.4 is 0 Å². The summed E-state index contributed by atoms with van der Waals surface area (Å²) in [6.45, 7) is 6.42. The van der Waals surface area contributed by atoms with Crippen LogP contribution in [0.1, 0.15) is 41.3 Å². The van der Waals surface area contributed by atoms with E-state index in [0.29, 0.717) is 17.0 Å². The number of esters is 2. The summed E-state index contributed by atoms with van der Waals surface area (Å²) in [6, 6.07) is 10.1. The molecule has 0 saturated carbocycles. The number of hydrogen-bond donors (Lipinski definition) is 0. The van der Waals surface area contributed by atoms with Gasteiger partial charge in [-0.3, -0.25) is 9.79 Å². The van der Waals surface area contributed by atoms with Crippen LogP contribution in [0.2, 0.25) is 0 Å². The second-order valence-corrected chi connectivity index (χ2v) is 9.62. The molecule has 36 heavy (non-hydrogen) atoms. The molecule has 7 nitrogen and oxygen atoms in total. The highest BCUT2D eigenvalue weighted by atomic mass is 32.1. The zero-order valence-corrected chi connectivity index (χ0v) is 21.6. The fourth-order valence-corrected chi connectivity index (χ4v) is 5.51. The summed E-state index contributed by atoms with van der Waals surface area (Å²) in [6.07, 6.45) is 9.19. The number of allylic oxidation sites excluding steroid dienone is 1. The molecule has 4 rings (SSSR count). The third kappa shape index (κ3) is 5.54. The Morgan fingerprint density at radius 2 is 1.92 bits per heavy atom. The Labute approximate surface area is 214 Å². The number of imidazole rings is 1. The van der Waals surface area contributed by atoms with E-state index in [2.05, 4.69) is 22.1 Å². The average molecular weight is 504 g/mol. The predicted octanol–water partition coefficient (Wildman–Crippen LogP) is 5.18. The minimum atomic E-state index is -0.671. The van der Waals surface area contributed by atoms with E-state index in [4.69, 9.17) is 9.47 Å². The van der Waals surface area contributed by atoms with Gasteiger partial charge in [0, 0.05) is 41.1 Å². The minimum Gasteiger partial charge on any atom is -0.468 e. The molecule has 1 aliphatic heterocycles. The molecular formula is C28H29N3O4S. The number of carbonyl (C=O) groups excluding carboxylic acids is 2. The normalized spacial score (nSPS) is 17.8. The molecule has 0 aliphatic carbocycles. The quantitative estimate of drug-likeness (QED) is 0.396. The first-order valence-corrected chi connectivity index (χ1v) is 12.5. The minimum absolute atomic E-state index is 0.105. The molecule has 0 saturated heterocycles. The van der Waals surface area contributed by atoms with Crippen LogP contribution in [-0.2, 0) is 25.6 Å². The fraction of sp³-hybridized carbons (Fsp3) is 0.286. The van der Waals surface area contributed by atoms with E-state index < -0.39 is 23.8 Å². The van der Waals surface area contributed by atoms with Gasteiger partial charge < -0.3 is 14.0 Å². The van der Waals surface area contributed by atoms with Gasteiger partial charge in [-0.05, 0) is 55.0 Å². The van der Waals surface area contributed by atoms with Crippen LogP contribution in [-0.4, -0.2) is 40.9 Å². The first-order chi connectivity index (χ1) is 17.4. The molecule has 0 amide bonds. The number of ether oxygens (including phenoxy) is 2. The Hall–Kier alpha value is -3.78. The average Bonchev–Trinajstić information content (AvgIpc) is 3.53. The summed E-state index contributed by atoms with van der Waals surface area (Å²) in [4.78, 5) is 35.5. The van der Waals surface area contributed by atoms with Gasteiger partial charge in [0.05, 0.1) is 19.0 Å². The van der Waals surface area contributed by atoms with E-state index in [1.54, 1.807) is 32.4 Å². The highest BCUT2D eigenvalue weighted by molar-refractivity contribution is 7.10. The largest absolute Gasteiger partial charge is 0.468 e. The lowest BCUT2D eigenvalue weighted by Crippen LogP contribution is -2.36. The molecule has 3 aromatic rings. The van der Waals surface area contributed by atoms with Gasteiger partial charge in [0.2, 0.25) is 0 Å². The van der Waals surface area contributed by atoms with Crippen molar-refractivity contribution in [3.63, 3.8) is 0 Å². The van der Waals surface area contributed by atoms with Crippen molar-refractivity contribution in [3.8, 4) is 0 Å². The Kier molecular flexibility index (Phi) is 7.95. The molecule has 2 aromatic heterocycles. The number of benzene rings is 1. The molecule has 186 valence electrons. The van der Waals surface area contributed by atoms with E-state index >= 15 is 0 Å². The van der Waals surface area contributed by atoms with E-state index in [9.17, 15) is 9.59 Å². The lowest BCUT2D eigenvalue weighted by molar-refractivity contribution is -0.143. The monoisotopic (exact) mass is 503 g/mol. The van der Waals surface area contributed by atoms with Crippen molar-refractivity contribution in [1.29, 1.82) is 0 Å². The lowest BCUT2D eigenvalue weighted by atomic mass is 9.78. The number of hydrogen-bond acceptors (Lipinski definition) is 7. The zero-order chi connectivity index (χ0) is 25.7. The van der Waals surface area contributed by atoms with Crippen LogP contribution in [0.4, 0.5) is 0 Å². The van der Waals surface area contributed by atoms with E-state index in [1.165, 1.54) is 24.0 Å². The lowest BCUT2D eigenvalue weighted by Gasteiger charge is -2.30. The zero-order valence-electron chi connectivity index (χ0n) is 20.8. The highest BCUT2D eigenvalue weighted by Gasteiger charge is 2.43. The van der Waals surface area contributed by atoms with E-state index in [1.807, 2.05) is 47.3 Å². The number of thiophene rings is 1. The van der Waals surface area contributed by atoms with Crippen molar-refractivity contribution in [2.75, 3.05) is 13.7 Å². The first kappa shape index (κ1) is 25.3. The maximum absolute atomic E-state index is 13.3. The standard InChI is InChI=1S/C28H29N3O4S/c1-18-11-15-36-26(18)25-23(27(32)34-4)19(2)30-20(3)24(25)28(33)35-14-5-6-21-7-9-22(10-8-21)16-31-13-12-29-17-31/h5-13,15,17,23,25H,14,16H2,1-4H3. The molecule has 2 atom stereocenters. The predicted molar refractivity (Wildman–Crippen MR) is 141 cm³/mol. The maximum Gasteiger partial charge on any atom is 0.336 e. The van der Waals surface area contributed by atoms with Gasteiger partial charge >= 0.3 is 11.9 Å². The van der Waals surface area contributed by atoms with Crippen LogP contribution in [0.5, 0.6) is 0 Å². The summed E-state index contributed by atoms with van der Waals surface area (Å²) >= 11 is 1.52. The van der Waals surface area contributed by atoms with Gasteiger partial charge in [-0.25, -0.2) is 9.78 Å². The van der Waals surface area contributed by atoms with Crippen molar-refractivity contribution in [2.24, 2.45) is 10.9 Å². The number of nitrogens with zero attached hydrogens (tertiary/aromatic N) is 3. The Balaban J connectivity index is 1.46. The highest BCUT2D eigenvalue weighted by Crippen LogP contribution is 2.43. The second kappa shape index (κ2) is 11.3. The molecule has 2 unspecified atom stereocenters. The van der Waals surface area contributed by atoms with Gasteiger partial charge in [-0.15, -0.1) is 11.3 Å². The van der Waals surface area contributed by atoms with Crippen molar-refractivity contribution in [1.82, 2.24) is 9.55 Å². The summed E-state index contributed by atoms with van der Waals surface area (Å²) in [5.41, 5.74) is 4.79. The van der Waals surface area contributed by atoms with Gasteiger partial charge in [-0.1, -0.05) is 30.3 Å². The molecular weight excluding hydrogens is 474 g/mol. The third-order valence-electron chi connectivity index (χ3n) is 6.21. The molecule has 0 fully saturated rings. The van der Waals surface area contributed by atoms with Crippen LogP contribution in [0.15, 0.2) is 76.8 Å². The van der Waals surface area contributed by atoms with Gasteiger partial charge in [-0.2, -0.15) is 0 Å². The Morgan fingerprint density at radius 3 is 2.56 bits per heavy atom. The van der Waals surface area contributed by atoms with Crippen molar-refractivity contribution < 1.29 is 19.1 Å². The van der Waals surface area contributed by atoms with Crippen LogP contribution in [0.25, 0.3) is 6.08 Å². The fourth-order valence-electron chi connectivity index (χ4n) is 4.43. The molecule has 0 radical (unpaired) electrons. The third-order valence-corrected chi connectivity index (χ3v) is 7.31. The molecule has 1 aromatic carbocycles. The number of rotatable bonds is 8. The number of aliphatic imine (C=N–C) groups is 1. The van der Waals surface area contributed by atoms with E-state index in [-0.39, 0.29) is 6.61 Å². The first-order valence-electron chi connectivity index (χ1n) is 11.6. The Bertz CT molecular complexity index is 1320. The van der Waals surface area contributed by atoms with Gasteiger partial charge in [0.25, 0.3) is 0 Å². The van der Waals surface area contributed by atoms with Crippen LogP contribution >= 0.6 is 11.3 Å². The molecule has 0 spiro atoms. The Morgan fingerprint density at radius 1 is 1.14 bits per heavy atom. The summed E-state index contributed by atoms with van der Waals surface area (Å²) in [5, 5.41) is 1.96. The number of aryl methyl sites for hydroxylation is 1. The van der Waals surface area contributed by atoms with Crippen LogP contribution in [0, 0.1) is 12.8 Å². The molecule has 3 heterocycles. The van der Waals surface area contributed by atoms with Gasteiger partial charge in [0.15, 0.2) is 0 Å². The van der Waals surface area contributed by atoms with Crippen molar-refractivity contribution in [3.05, 3.63) is 93.3 Å². The molecule has 1 aliphatic rings. The molecule has 0 bridgehead atoms. The number of methoxy groups -OCH3 is 1. The topological polar surface area (TPSA) is 82.8 Å². The van der Waals surface area contributed by atoms with Crippen molar-refractivity contribution in [2.45, 2.75) is 33.2 Å². The SMILES string of the molecule is COC(=O)C1C(C)=NC(C)=C(C(=O)OCC=Cc2ccc(Cn3ccnc3)cc2)C1c1sccc1C. The van der Waals surface area contributed by atoms with E-state index in [0.717, 1.165) is 22.5 Å². The smallest absolute Gasteiger partial charge is 0.336 e. The maximum atomic E-state index is 13.3. The molecule has 0 N–H and O–H groups in total.